The average Bonchev–Trinajstić information content (AvgIpc) is 3.38. The van der Waals surface area contributed by atoms with Gasteiger partial charge in [0.2, 0.25) is 0 Å². The van der Waals surface area contributed by atoms with Crippen molar-refractivity contribution >= 4 is 16.9 Å². The van der Waals surface area contributed by atoms with Crippen LogP contribution in [0.5, 0.6) is 0 Å². The van der Waals surface area contributed by atoms with Crippen molar-refractivity contribution in [2.45, 2.75) is 25.4 Å². The lowest BCUT2D eigenvalue weighted by Gasteiger charge is -2.11. The second-order valence-electron chi connectivity index (χ2n) is 7.04. The van der Waals surface area contributed by atoms with Crippen molar-refractivity contribution in [3.63, 3.8) is 0 Å². The zero-order chi connectivity index (χ0) is 20.1. The van der Waals surface area contributed by atoms with Gasteiger partial charge in [0.05, 0.1) is 29.8 Å². The van der Waals surface area contributed by atoms with Crippen molar-refractivity contribution in [3.05, 3.63) is 53.7 Å². The molecule has 7 heteroatoms. The third-order valence-electron chi connectivity index (χ3n) is 5.22. The van der Waals surface area contributed by atoms with E-state index in [4.69, 9.17) is 4.74 Å². The van der Waals surface area contributed by atoms with E-state index in [0.717, 1.165) is 34.2 Å². The van der Waals surface area contributed by atoms with Crippen molar-refractivity contribution in [2.75, 3.05) is 6.61 Å². The number of hydrogen-bond donors (Lipinski definition) is 0. The van der Waals surface area contributed by atoms with Crippen molar-refractivity contribution < 1.29 is 22.7 Å². The minimum absolute atomic E-state index is 0.0418. The molecule has 0 saturated heterocycles. The fraction of sp³-hybridized carbons (Fsp3) is 0.333. The van der Waals surface area contributed by atoms with Crippen molar-refractivity contribution in [1.82, 2.24) is 9.78 Å². The summed E-state index contributed by atoms with van der Waals surface area (Å²) in [5.41, 5.74) is 2.67. The minimum Gasteiger partial charge on any atom is -0.466 e. The predicted molar refractivity (Wildman–Crippen MR) is 98.6 cm³/mol. The van der Waals surface area contributed by atoms with Crippen LogP contribution < -0.4 is 0 Å². The Bertz CT molecular complexity index is 1040. The zero-order valence-electron chi connectivity index (χ0n) is 15.5. The van der Waals surface area contributed by atoms with Gasteiger partial charge in [-0.15, -0.1) is 0 Å². The summed E-state index contributed by atoms with van der Waals surface area (Å²) in [6, 6.07) is 8.98. The first-order valence-corrected chi connectivity index (χ1v) is 9.09. The number of hydrogen-bond acceptors (Lipinski definition) is 3. The van der Waals surface area contributed by atoms with E-state index in [1.165, 1.54) is 12.1 Å². The summed E-state index contributed by atoms with van der Waals surface area (Å²) in [5, 5.41) is 5.26. The highest BCUT2D eigenvalue weighted by atomic mass is 19.4. The quantitative estimate of drug-likeness (QED) is 0.596. The molecule has 1 fully saturated rings. The number of aryl methyl sites for hydroxylation is 1. The van der Waals surface area contributed by atoms with E-state index in [1.807, 2.05) is 19.2 Å². The Morgan fingerprint density at radius 1 is 1.21 bits per heavy atom. The summed E-state index contributed by atoms with van der Waals surface area (Å²) in [4.78, 5) is 12.1. The number of benzene rings is 2. The van der Waals surface area contributed by atoms with Crippen LogP contribution in [0, 0.1) is 5.92 Å². The fourth-order valence-corrected chi connectivity index (χ4v) is 3.65. The van der Waals surface area contributed by atoms with E-state index in [0.29, 0.717) is 18.6 Å². The Labute approximate surface area is 159 Å². The normalized spacial score (nSPS) is 19.0. The molecule has 146 valence electrons. The molecule has 4 nitrogen and oxygen atoms in total. The van der Waals surface area contributed by atoms with Gasteiger partial charge in [0.15, 0.2) is 0 Å². The monoisotopic (exact) mass is 388 g/mol. The molecule has 1 aliphatic carbocycles. The van der Waals surface area contributed by atoms with Gasteiger partial charge >= 0.3 is 12.1 Å². The first-order valence-electron chi connectivity index (χ1n) is 9.09. The number of rotatable bonds is 4. The molecule has 0 radical (unpaired) electrons. The number of fused-ring (bicyclic) bond motifs is 1. The molecule has 0 aliphatic heterocycles. The number of carbonyl (C=O) groups excluding carboxylic acids is 1. The summed E-state index contributed by atoms with van der Waals surface area (Å²) in [5.74, 6) is -0.337. The molecule has 0 unspecified atom stereocenters. The molecular weight excluding hydrogens is 369 g/mol. The molecule has 1 heterocycles. The topological polar surface area (TPSA) is 44.1 Å². The minimum atomic E-state index is -4.36. The van der Waals surface area contributed by atoms with Crippen LogP contribution in [-0.4, -0.2) is 22.4 Å². The lowest BCUT2D eigenvalue weighted by molar-refractivity contribution is -0.144. The number of nitrogens with zero attached hydrogens (tertiary/aromatic N) is 2. The van der Waals surface area contributed by atoms with E-state index in [2.05, 4.69) is 5.10 Å². The molecule has 2 aromatic carbocycles. The molecule has 0 spiro atoms. The Morgan fingerprint density at radius 3 is 2.57 bits per heavy atom. The summed E-state index contributed by atoms with van der Waals surface area (Å²) in [7, 11) is 1.82. The van der Waals surface area contributed by atoms with Gasteiger partial charge in [-0.25, -0.2) is 0 Å². The average molecular weight is 388 g/mol. The molecule has 0 amide bonds. The summed E-state index contributed by atoms with van der Waals surface area (Å²) in [6.07, 6.45) is -1.89. The molecule has 3 aromatic rings. The Morgan fingerprint density at radius 2 is 1.93 bits per heavy atom. The number of halogens is 3. The Kier molecular flexibility index (Phi) is 4.40. The van der Waals surface area contributed by atoms with Crippen LogP contribution >= 0.6 is 0 Å². The van der Waals surface area contributed by atoms with E-state index in [1.54, 1.807) is 17.8 Å². The smallest absolute Gasteiger partial charge is 0.416 e. The molecule has 1 aliphatic rings. The second kappa shape index (κ2) is 6.65. The van der Waals surface area contributed by atoms with Crippen molar-refractivity contribution in [3.8, 4) is 11.1 Å². The number of esters is 1. The first-order chi connectivity index (χ1) is 13.3. The number of aromatic nitrogens is 2. The van der Waals surface area contributed by atoms with Crippen LogP contribution in [0.1, 0.15) is 30.4 Å². The van der Waals surface area contributed by atoms with Crippen LogP contribution in [0.25, 0.3) is 22.0 Å². The molecular formula is C21H19F3N2O2. The molecule has 2 atom stereocenters. The first kappa shape index (κ1) is 18.5. The molecule has 0 bridgehead atoms. The molecule has 28 heavy (non-hydrogen) atoms. The standard InChI is InChI=1S/C21H19F3N2O2/c1-3-28-20(27)17-10-16(17)15-8-13(9-19-18(15)11-25-26(19)2)12-4-6-14(7-5-12)21(22,23)24/h4-9,11,16-17H,3,10H2,1-2H3/t16-,17+/m0/s1. The summed E-state index contributed by atoms with van der Waals surface area (Å²) < 4.78 is 45.4. The van der Waals surface area contributed by atoms with Gasteiger partial charge in [-0.3, -0.25) is 9.48 Å². The third kappa shape index (κ3) is 3.25. The van der Waals surface area contributed by atoms with Crippen LogP contribution in [0.4, 0.5) is 13.2 Å². The summed E-state index contributed by atoms with van der Waals surface area (Å²) in [6.45, 7) is 2.12. The molecule has 4 rings (SSSR count). The Balaban J connectivity index is 1.75. The molecule has 0 N–H and O–H groups in total. The SMILES string of the molecule is CCOC(=O)[C@@H]1C[C@H]1c1cc(-c2ccc(C(F)(F)F)cc2)cc2c1cnn2C. The number of alkyl halides is 3. The second-order valence-corrected chi connectivity index (χ2v) is 7.04. The van der Waals surface area contributed by atoms with Gasteiger partial charge in [-0.1, -0.05) is 18.2 Å². The largest absolute Gasteiger partial charge is 0.466 e. The van der Waals surface area contributed by atoms with Gasteiger partial charge in [-0.2, -0.15) is 18.3 Å². The summed E-state index contributed by atoms with van der Waals surface area (Å²) >= 11 is 0. The van der Waals surface area contributed by atoms with Crippen LogP contribution in [-0.2, 0) is 22.8 Å². The van der Waals surface area contributed by atoms with E-state index < -0.39 is 11.7 Å². The lowest BCUT2D eigenvalue weighted by Crippen LogP contribution is -2.07. The predicted octanol–water partition coefficient (Wildman–Crippen LogP) is 4.93. The maximum Gasteiger partial charge on any atom is 0.416 e. The van der Waals surface area contributed by atoms with Gasteiger partial charge in [0, 0.05) is 12.4 Å². The fourth-order valence-electron chi connectivity index (χ4n) is 3.65. The van der Waals surface area contributed by atoms with E-state index >= 15 is 0 Å². The third-order valence-corrected chi connectivity index (χ3v) is 5.22. The van der Waals surface area contributed by atoms with Crippen LogP contribution in [0.2, 0.25) is 0 Å². The highest BCUT2D eigenvalue weighted by molar-refractivity contribution is 5.90. The van der Waals surface area contributed by atoms with Gasteiger partial charge in [0.25, 0.3) is 0 Å². The Hall–Kier alpha value is -2.83. The van der Waals surface area contributed by atoms with Gasteiger partial charge in [-0.05, 0) is 54.2 Å². The lowest BCUT2D eigenvalue weighted by atomic mass is 9.96. The zero-order valence-corrected chi connectivity index (χ0v) is 15.5. The molecule has 1 aromatic heterocycles. The maximum absolute atomic E-state index is 12.8. The number of ether oxygens (including phenoxy) is 1. The number of carbonyl (C=O) groups is 1. The van der Waals surface area contributed by atoms with Crippen molar-refractivity contribution in [2.24, 2.45) is 13.0 Å². The van der Waals surface area contributed by atoms with E-state index in [9.17, 15) is 18.0 Å². The van der Waals surface area contributed by atoms with Gasteiger partial charge in [0.1, 0.15) is 0 Å². The van der Waals surface area contributed by atoms with Crippen molar-refractivity contribution in [1.29, 1.82) is 0 Å². The highest BCUT2D eigenvalue weighted by Crippen LogP contribution is 2.51. The molecule has 1 saturated carbocycles. The van der Waals surface area contributed by atoms with Gasteiger partial charge < -0.3 is 4.74 Å². The van der Waals surface area contributed by atoms with Crippen LogP contribution in [0.3, 0.4) is 0 Å². The highest BCUT2D eigenvalue weighted by Gasteiger charge is 2.46. The van der Waals surface area contributed by atoms with E-state index in [-0.39, 0.29) is 17.8 Å². The van der Waals surface area contributed by atoms with Crippen LogP contribution in [0.15, 0.2) is 42.6 Å². The maximum atomic E-state index is 12.8.